The summed E-state index contributed by atoms with van der Waals surface area (Å²) < 4.78 is 47.1. The average Bonchev–Trinajstić information content (AvgIpc) is 2.61. The molecule has 0 amide bonds. The van der Waals surface area contributed by atoms with E-state index in [-0.39, 0.29) is 30.1 Å². The molecule has 0 aliphatic carbocycles. The molecule has 0 aromatic heterocycles. The second-order valence-corrected chi connectivity index (χ2v) is 6.72. The van der Waals surface area contributed by atoms with Crippen molar-refractivity contribution in [3.63, 3.8) is 0 Å². The number of nitrogens with zero attached hydrogens (tertiary/aromatic N) is 1. The van der Waals surface area contributed by atoms with Crippen LogP contribution in [0.4, 0.5) is 13.2 Å². The fourth-order valence-corrected chi connectivity index (χ4v) is 3.83. The second kappa shape index (κ2) is 9.49. The van der Waals surface area contributed by atoms with Gasteiger partial charge in [-0.25, -0.2) is 5.01 Å². The maximum atomic E-state index is 12.6. The molecule has 0 bridgehead atoms. The highest BCUT2D eigenvalue weighted by molar-refractivity contribution is 5.85. The number of rotatable bonds is 5. The molecule has 2 atom stereocenters. The lowest BCUT2D eigenvalue weighted by molar-refractivity contribution is -0.274. The topological polar surface area (TPSA) is 47.7 Å². The fourth-order valence-electron chi connectivity index (χ4n) is 3.83. The van der Waals surface area contributed by atoms with Gasteiger partial charge in [0.25, 0.3) is 0 Å². The summed E-state index contributed by atoms with van der Waals surface area (Å²) in [4.78, 5) is 0. The Hall–Kier alpha value is -1.96. The van der Waals surface area contributed by atoms with Crippen LogP contribution in [0.1, 0.15) is 30.0 Å². The minimum absolute atomic E-state index is 0. The van der Waals surface area contributed by atoms with Crippen LogP contribution in [0.2, 0.25) is 0 Å². The quantitative estimate of drug-likeness (QED) is 0.705. The first kappa shape index (κ1) is 22.3. The molecule has 8 heteroatoms. The Morgan fingerprint density at radius 3 is 2.50 bits per heavy atom. The molecule has 1 heterocycles. The fraction of sp³-hybridized carbons (Fsp3) is 0.400. The van der Waals surface area contributed by atoms with Gasteiger partial charge in [-0.1, -0.05) is 30.3 Å². The van der Waals surface area contributed by atoms with E-state index in [9.17, 15) is 13.2 Å². The summed E-state index contributed by atoms with van der Waals surface area (Å²) in [6.07, 6.45) is -2.31. The van der Waals surface area contributed by atoms with E-state index in [1.165, 1.54) is 25.3 Å². The van der Waals surface area contributed by atoms with Crippen LogP contribution < -0.4 is 15.3 Å². The highest BCUT2D eigenvalue weighted by Gasteiger charge is 2.33. The van der Waals surface area contributed by atoms with E-state index in [2.05, 4.69) is 4.74 Å². The second-order valence-electron chi connectivity index (χ2n) is 6.72. The van der Waals surface area contributed by atoms with E-state index < -0.39 is 6.36 Å². The molecular weight excluding hydrogens is 393 g/mol. The van der Waals surface area contributed by atoms with Crippen LogP contribution in [0.15, 0.2) is 48.5 Å². The van der Waals surface area contributed by atoms with E-state index in [1.807, 2.05) is 35.3 Å². The van der Waals surface area contributed by atoms with E-state index >= 15 is 0 Å². The van der Waals surface area contributed by atoms with Crippen LogP contribution in [0, 0.1) is 5.92 Å². The number of piperidine rings is 1. The van der Waals surface area contributed by atoms with Crippen LogP contribution in [-0.2, 0) is 6.42 Å². The number of methoxy groups -OCH3 is 1. The number of nitrogens with two attached hydrogens (primary N) is 1. The van der Waals surface area contributed by atoms with Crippen LogP contribution in [0.25, 0.3) is 0 Å². The molecule has 0 saturated carbocycles. The van der Waals surface area contributed by atoms with Crippen molar-refractivity contribution < 1.29 is 22.6 Å². The summed E-state index contributed by atoms with van der Waals surface area (Å²) in [6.45, 7) is 0.782. The number of alkyl halides is 3. The van der Waals surface area contributed by atoms with Crippen LogP contribution in [0.5, 0.6) is 11.5 Å². The lowest BCUT2D eigenvalue weighted by atomic mass is 9.81. The van der Waals surface area contributed by atoms with Crippen molar-refractivity contribution >= 4 is 12.4 Å². The van der Waals surface area contributed by atoms with Crippen molar-refractivity contribution in [3.8, 4) is 11.5 Å². The Bertz CT molecular complexity index is 759. The van der Waals surface area contributed by atoms with Crippen molar-refractivity contribution in [2.75, 3.05) is 13.7 Å². The third kappa shape index (κ3) is 5.53. The highest BCUT2D eigenvalue weighted by Crippen LogP contribution is 2.39. The molecule has 2 aromatic carbocycles. The third-order valence-electron chi connectivity index (χ3n) is 4.90. The number of benzene rings is 2. The minimum atomic E-state index is -4.72. The SMILES string of the molecule is COc1ccc(OC(F)(F)F)cc1C[C@@H]1CCCN(N)[C@@H]1c1ccccc1.Cl. The molecule has 1 aliphatic heterocycles. The van der Waals surface area contributed by atoms with Gasteiger partial charge in [-0.2, -0.15) is 0 Å². The maximum Gasteiger partial charge on any atom is 0.573 e. The van der Waals surface area contributed by atoms with Crippen LogP contribution >= 0.6 is 12.4 Å². The zero-order valence-electron chi connectivity index (χ0n) is 15.5. The van der Waals surface area contributed by atoms with Gasteiger partial charge in [0.1, 0.15) is 11.5 Å². The van der Waals surface area contributed by atoms with Crippen molar-refractivity contribution in [1.29, 1.82) is 0 Å². The number of hydrazine groups is 1. The van der Waals surface area contributed by atoms with Gasteiger partial charge in [-0.05, 0) is 54.5 Å². The van der Waals surface area contributed by atoms with Gasteiger partial charge >= 0.3 is 6.36 Å². The molecular formula is C20H24ClF3N2O2. The van der Waals surface area contributed by atoms with Gasteiger partial charge in [-0.3, -0.25) is 5.84 Å². The smallest absolute Gasteiger partial charge is 0.496 e. The molecule has 0 spiro atoms. The molecule has 2 N–H and O–H groups in total. The standard InChI is InChI=1S/C20H23F3N2O2.ClH/c1-26-18-10-9-17(27-20(21,22)23)13-16(18)12-15-8-5-11-25(24)19(15)14-6-3-2-4-7-14;/h2-4,6-7,9-10,13,15,19H,5,8,11-12,24H2,1H3;1H/t15-,19+;/m0./s1. The summed E-state index contributed by atoms with van der Waals surface area (Å²) >= 11 is 0. The third-order valence-corrected chi connectivity index (χ3v) is 4.90. The molecule has 0 unspecified atom stereocenters. The normalized spacial score (nSPS) is 20.3. The van der Waals surface area contributed by atoms with E-state index in [0.717, 1.165) is 24.9 Å². The zero-order chi connectivity index (χ0) is 19.4. The number of hydrogen-bond donors (Lipinski definition) is 1. The number of hydrogen-bond acceptors (Lipinski definition) is 4. The Morgan fingerprint density at radius 1 is 1.14 bits per heavy atom. The molecule has 1 fully saturated rings. The highest BCUT2D eigenvalue weighted by atomic mass is 35.5. The first-order chi connectivity index (χ1) is 12.9. The van der Waals surface area contributed by atoms with Gasteiger partial charge in [0.15, 0.2) is 0 Å². The maximum absolute atomic E-state index is 12.6. The van der Waals surface area contributed by atoms with Gasteiger partial charge in [-0.15, -0.1) is 25.6 Å². The number of halogens is 4. The van der Waals surface area contributed by atoms with Gasteiger partial charge in [0.2, 0.25) is 0 Å². The molecule has 0 radical (unpaired) electrons. The monoisotopic (exact) mass is 416 g/mol. The lowest BCUT2D eigenvalue weighted by Gasteiger charge is -2.39. The summed E-state index contributed by atoms with van der Waals surface area (Å²) in [7, 11) is 1.51. The van der Waals surface area contributed by atoms with Crippen molar-refractivity contribution in [2.24, 2.45) is 11.8 Å². The van der Waals surface area contributed by atoms with Crippen molar-refractivity contribution in [1.82, 2.24) is 5.01 Å². The summed E-state index contributed by atoms with van der Waals surface area (Å²) in [5.74, 6) is 6.73. The Kier molecular flexibility index (Phi) is 7.57. The number of ether oxygens (including phenoxy) is 2. The first-order valence-electron chi connectivity index (χ1n) is 8.86. The molecule has 1 aliphatic rings. The lowest BCUT2D eigenvalue weighted by Crippen LogP contribution is -2.44. The molecule has 2 aromatic rings. The Labute approximate surface area is 168 Å². The van der Waals surface area contributed by atoms with Gasteiger partial charge in [0.05, 0.1) is 13.2 Å². The molecule has 4 nitrogen and oxygen atoms in total. The van der Waals surface area contributed by atoms with Crippen LogP contribution in [-0.4, -0.2) is 25.0 Å². The first-order valence-corrected chi connectivity index (χ1v) is 8.86. The summed E-state index contributed by atoms with van der Waals surface area (Å²) in [5, 5.41) is 1.83. The van der Waals surface area contributed by atoms with Crippen molar-refractivity contribution in [3.05, 3.63) is 59.7 Å². The van der Waals surface area contributed by atoms with E-state index in [1.54, 1.807) is 0 Å². The Balaban J connectivity index is 0.00000280. The van der Waals surface area contributed by atoms with Crippen LogP contribution in [0.3, 0.4) is 0 Å². The zero-order valence-corrected chi connectivity index (χ0v) is 16.3. The van der Waals surface area contributed by atoms with E-state index in [4.69, 9.17) is 10.6 Å². The largest absolute Gasteiger partial charge is 0.573 e. The minimum Gasteiger partial charge on any atom is -0.496 e. The van der Waals surface area contributed by atoms with Crippen molar-refractivity contribution in [2.45, 2.75) is 31.7 Å². The molecule has 3 rings (SSSR count). The predicted molar refractivity (Wildman–Crippen MR) is 103 cm³/mol. The molecule has 1 saturated heterocycles. The van der Waals surface area contributed by atoms with Gasteiger partial charge < -0.3 is 9.47 Å². The summed E-state index contributed by atoms with van der Waals surface area (Å²) in [5.41, 5.74) is 1.78. The summed E-state index contributed by atoms with van der Waals surface area (Å²) in [6, 6.07) is 14.1. The predicted octanol–water partition coefficient (Wildman–Crippen LogP) is 4.89. The average molecular weight is 417 g/mol. The Morgan fingerprint density at radius 2 is 1.86 bits per heavy atom. The van der Waals surface area contributed by atoms with Gasteiger partial charge in [0, 0.05) is 6.54 Å². The van der Waals surface area contributed by atoms with E-state index in [0.29, 0.717) is 17.7 Å². The molecule has 154 valence electrons. The molecule has 28 heavy (non-hydrogen) atoms.